The Morgan fingerprint density at radius 3 is 2.53 bits per heavy atom. The first-order valence-electron chi connectivity index (χ1n) is 11.0. The minimum Gasteiger partial charge on any atom is -0.332 e. The van der Waals surface area contributed by atoms with Gasteiger partial charge >= 0.3 is 0 Å². The van der Waals surface area contributed by atoms with Gasteiger partial charge in [0.15, 0.2) is 0 Å². The summed E-state index contributed by atoms with van der Waals surface area (Å²) >= 11 is 6.03. The number of para-hydroxylation sites is 1. The summed E-state index contributed by atoms with van der Waals surface area (Å²) in [4.78, 5) is 9.68. The zero-order valence-corrected chi connectivity index (χ0v) is 19.6. The van der Waals surface area contributed by atoms with Crippen LogP contribution >= 0.6 is 24.2 Å². The van der Waals surface area contributed by atoms with E-state index in [4.69, 9.17) is 9.97 Å². The average Bonchev–Trinajstić information content (AvgIpc) is 3.44. The summed E-state index contributed by atoms with van der Waals surface area (Å²) in [6, 6.07) is 31.6. The number of thiophene rings is 1. The molecule has 0 spiro atoms. The Labute approximate surface area is 205 Å². The van der Waals surface area contributed by atoms with Crippen molar-refractivity contribution in [2.24, 2.45) is 0 Å². The molecule has 4 nitrogen and oxygen atoms in total. The predicted octanol–water partition coefficient (Wildman–Crippen LogP) is 7.87. The van der Waals surface area contributed by atoms with E-state index in [0.717, 1.165) is 28.0 Å². The van der Waals surface area contributed by atoms with Crippen LogP contribution in [0.5, 0.6) is 0 Å². The van der Waals surface area contributed by atoms with E-state index in [0.29, 0.717) is 5.95 Å². The second-order valence-corrected chi connectivity index (χ2v) is 9.50. The van der Waals surface area contributed by atoms with Crippen LogP contribution in [0.4, 0.5) is 5.69 Å². The number of hydrogen-bond donors (Lipinski definition) is 2. The number of fused-ring (bicyclic) bond motifs is 7. The van der Waals surface area contributed by atoms with Gasteiger partial charge in [-0.25, -0.2) is 9.97 Å². The van der Waals surface area contributed by atoms with Gasteiger partial charge in [-0.2, -0.15) is 0 Å². The maximum absolute atomic E-state index is 4.99. The molecule has 4 aromatic carbocycles. The van der Waals surface area contributed by atoms with Crippen molar-refractivity contribution in [2.45, 2.75) is 0 Å². The first kappa shape index (κ1) is 19.6. The zero-order valence-electron chi connectivity index (χ0n) is 17.9. The highest BCUT2D eigenvalue weighted by molar-refractivity contribution is 7.81. The van der Waals surface area contributed by atoms with E-state index in [1.54, 1.807) is 0 Å². The van der Waals surface area contributed by atoms with Crippen LogP contribution in [0.3, 0.4) is 0 Å². The van der Waals surface area contributed by atoms with Crippen molar-refractivity contribution < 1.29 is 0 Å². The highest BCUT2D eigenvalue weighted by Gasteiger charge is 2.18. The van der Waals surface area contributed by atoms with E-state index < -0.39 is 0 Å². The van der Waals surface area contributed by atoms with Crippen molar-refractivity contribution in [1.29, 1.82) is 0 Å². The number of rotatable bonds is 3. The number of nitrogens with one attached hydrogen (secondary N) is 1. The monoisotopic (exact) mass is 474 g/mol. The topological polar surface area (TPSA) is 42.7 Å². The van der Waals surface area contributed by atoms with Crippen molar-refractivity contribution in [3.05, 3.63) is 97.2 Å². The Bertz CT molecular complexity index is 1870. The molecule has 0 aliphatic rings. The van der Waals surface area contributed by atoms with E-state index in [1.165, 1.54) is 30.9 Å². The normalized spacial score (nSPS) is 11.7. The molecule has 34 heavy (non-hydrogen) atoms. The molecular formula is C28H18N4S2. The second-order valence-electron chi connectivity index (χ2n) is 8.22. The van der Waals surface area contributed by atoms with E-state index in [2.05, 4.69) is 82.8 Å². The van der Waals surface area contributed by atoms with E-state index in [1.807, 2.05) is 47.9 Å². The number of nitrogens with zero attached hydrogens (tertiary/aromatic N) is 3. The van der Waals surface area contributed by atoms with Gasteiger partial charge in [0.2, 0.25) is 5.95 Å². The molecule has 0 aliphatic heterocycles. The fraction of sp³-hybridized carbons (Fsp3) is 0. The number of thiol groups is 1. The molecule has 6 heteroatoms. The van der Waals surface area contributed by atoms with Crippen LogP contribution in [-0.4, -0.2) is 14.5 Å². The molecule has 0 saturated heterocycles. The Balaban J connectivity index is 1.54. The number of hydrogen-bond acceptors (Lipinski definition) is 5. The first-order chi connectivity index (χ1) is 16.8. The van der Waals surface area contributed by atoms with Gasteiger partial charge in [0.1, 0.15) is 0 Å². The molecule has 0 amide bonds. The second kappa shape index (κ2) is 7.58. The molecule has 0 aliphatic carbocycles. The van der Waals surface area contributed by atoms with Gasteiger partial charge in [0, 0.05) is 48.4 Å². The van der Waals surface area contributed by atoms with Gasteiger partial charge in [-0.05, 0) is 36.4 Å². The summed E-state index contributed by atoms with van der Waals surface area (Å²) in [5, 5.41) is 5.06. The lowest BCUT2D eigenvalue weighted by Crippen LogP contribution is -2.01. The molecule has 0 bridgehead atoms. The fourth-order valence-electron chi connectivity index (χ4n) is 4.82. The summed E-state index contributed by atoms with van der Waals surface area (Å²) in [5.41, 5.74) is 5.01. The molecule has 3 heterocycles. The van der Waals surface area contributed by atoms with Crippen LogP contribution in [0.2, 0.25) is 0 Å². The summed E-state index contributed by atoms with van der Waals surface area (Å²) < 4.78 is 7.69. The van der Waals surface area contributed by atoms with E-state index in [9.17, 15) is 0 Å². The lowest BCUT2D eigenvalue weighted by atomic mass is 10.1. The van der Waals surface area contributed by atoms with Gasteiger partial charge in [0.25, 0.3) is 0 Å². The van der Waals surface area contributed by atoms with Crippen LogP contribution in [0.25, 0.3) is 59.2 Å². The third-order valence-corrected chi connectivity index (χ3v) is 7.77. The Morgan fingerprint density at radius 1 is 0.765 bits per heavy atom. The van der Waals surface area contributed by atoms with Gasteiger partial charge in [0.05, 0.1) is 16.7 Å². The minimum absolute atomic E-state index is 0.661. The Morgan fingerprint density at radius 2 is 1.62 bits per heavy atom. The maximum atomic E-state index is 4.99. The third-order valence-electron chi connectivity index (χ3n) is 6.31. The van der Waals surface area contributed by atoms with E-state index in [-0.39, 0.29) is 0 Å². The molecule has 3 aromatic heterocycles. The molecule has 0 fully saturated rings. The van der Waals surface area contributed by atoms with Crippen LogP contribution in [0, 0.1) is 0 Å². The molecule has 0 radical (unpaired) electrons. The summed E-state index contributed by atoms with van der Waals surface area (Å²) in [5.74, 6) is 0.661. The molecule has 1 N–H and O–H groups in total. The number of aromatic nitrogens is 3. The number of anilines is 1. The van der Waals surface area contributed by atoms with Crippen molar-refractivity contribution in [1.82, 2.24) is 14.5 Å². The van der Waals surface area contributed by atoms with Crippen LogP contribution in [0.15, 0.2) is 97.2 Å². The SMILES string of the molecule is SNc1cccc(-c2ccnc(-n3c4ccccc4c4c5sc6ccccc6c5ccc43)n2)c1. The van der Waals surface area contributed by atoms with E-state index >= 15 is 0 Å². The molecular weight excluding hydrogens is 456 g/mol. The summed E-state index contributed by atoms with van der Waals surface area (Å²) in [7, 11) is 0. The maximum Gasteiger partial charge on any atom is 0.235 e. The Hall–Kier alpha value is -3.87. The molecule has 7 aromatic rings. The van der Waals surface area contributed by atoms with Gasteiger partial charge in [-0.1, -0.05) is 67.4 Å². The van der Waals surface area contributed by atoms with Crippen LogP contribution < -0.4 is 4.72 Å². The standard InChI is InChI=1S/C28H18N4S2/c33-31-18-7-5-6-17(16-18)22-14-15-29-28(30-22)32-23-10-3-1-9-21(23)26-24(32)13-12-20-19-8-2-4-11-25(19)34-27(20)26/h1-16,31,33H. The molecule has 0 saturated carbocycles. The third kappa shape index (κ3) is 2.86. The highest BCUT2D eigenvalue weighted by atomic mass is 32.1. The lowest BCUT2D eigenvalue weighted by molar-refractivity contribution is 0.992. The van der Waals surface area contributed by atoms with Crippen LogP contribution in [-0.2, 0) is 0 Å². The molecule has 0 unspecified atom stereocenters. The lowest BCUT2D eigenvalue weighted by Gasteiger charge is -2.09. The van der Waals surface area contributed by atoms with Crippen LogP contribution in [0.1, 0.15) is 0 Å². The van der Waals surface area contributed by atoms with Gasteiger partial charge in [-0.15, -0.1) is 11.3 Å². The summed E-state index contributed by atoms with van der Waals surface area (Å²) in [6.45, 7) is 0. The van der Waals surface area contributed by atoms with Gasteiger partial charge < -0.3 is 4.72 Å². The largest absolute Gasteiger partial charge is 0.332 e. The zero-order chi connectivity index (χ0) is 22.6. The predicted molar refractivity (Wildman–Crippen MR) is 147 cm³/mol. The average molecular weight is 475 g/mol. The minimum atomic E-state index is 0.661. The smallest absolute Gasteiger partial charge is 0.235 e. The van der Waals surface area contributed by atoms with Gasteiger partial charge in [-0.3, -0.25) is 4.57 Å². The first-order valence-corrected chi connectivity index (χ1v) is 12.3. The van der Waals surface area contributed by atoms with Crippen molar-refractivity contribution in [3.63, 3.8) is 0 Å². The molecule has 0 atom stereocenters. The summed E-state index contributed by atoms with van der Waals surface area (Å²) in [6.07, 6.45) is 1.83. The van der Waals surface area contributed by atoms with Crippen molar-refractivity contribution in [3.8, 4) is 17.2 Å². The highest BCUT2D eigenvalue weighted by Crippen LogP contribution is 2.42. The van der Waals surface area contributed by atoms with Crippen molar-refractivity contribution >= 4 is 71.8 Å². The Kier molecular flexibility index (Phi) is 4.37. The van der Waals surface area contributed by atoms with Crippen molar-refractivity contribution in [2.75, 3.05) is 4.72 Å². The molecule has 162 valence electrons. The molecule has 7 rings (SSSR count). The number of benzene rings is 4. The quantitative estimate of drug-likeness (QED) is 0.256. The fourth-order valence-corrected chi connectivity index (χ4v) is 6.21.